The van der Waals surface area contributed by atoms with E-state index in [1.165, 1.54) is 0 Å². The van der Waals surface area contributed by atoms with Gasteiger partial charge in [0.1, 0.15) is 6.61 Å². The van der Waals surface area contributed by atoms with Gasteiger partial charge in [0.2, 0.25) is 11.8 Å². The van der Waals surface area contributed by atoms with Crippen molar-refractivity contribution in [3.05, 3.63) is 46.6 Å². The second-order valence-corrected chi connectivity index (χ2v) is 6.10. The Kier molecular flexibility index (Phi) is 4.63. The molecule has 3 rings (SSSR count). The van der Waals surface area contributed by atoms with Gasteiger partial charge in [-0.25, -0.2) is 0 Å². The molecule has 1 saturated carbocycles. The van der Waals surface area contributed by atoms with Crippen LogP contribution < -0.4 is 5.32 Å². The minimum atomic E-state index is -0.472. The molecule has 2 aromatic rings. The van der Waals surface area contributed by atoms with Gasteiger partial charge < -0.3 is 14.6 Å². The molecule has 1 fully saturated rings. The maximum atomic E-state index is 12.7. The Hall–Kier alpha value is -1.92. The number of aromatic nitrogens is 2. The fraction of sp³-hybridized carbons (Fsp3) is 0.438. The molecule has 6 nitrogen and oxygen atoms in total. The third-order valence-electron chi connectivity index (χ3n) is 4.22. The highest BCUT2D eigenvalue weighted by Crippen LogP contribution is 2.44. The van der Waals surface area contributed by atoms with E-state index in [-0.39, 0.29) is 19.1 Å². The molecule has 0 saturated heterocycles. The van der Waals surface area contributed by atoms with E-state index >= 15 is 0 Å². The minimum Gasteiger partial charge on any atom is -0.377 e. The van der Waals surface area contributed by atoms with Crippen molar-refractivity contribution in [1.82, 2.24) is 15.5 Å². The number of amides is 1. The molecule has 122 valence electrons. The molecule has 1 amide bonds. The van der Waals surface area contributed by atoms with Gasteiger partial charge in [0, 0.05) is 12.1 Å². The van der Waals surface area contributed by atoms with Crippen LogP contribution in [0.1, 0.15) is 36.5 Å². The number of hydrogen-bond donors (Lipinski definition) is 1. The average molecular weight is 336 g/mol. The molecule has 0 aliphatic heterocycles. The summed E-state index contributed by atoms with van der Waals surface area (Å²) in [5, 5.41) is 7.34. The first-order valence-corrected chi connectivity index (χ1v) is 7.86. The highest BCUT2D eigenvalue weighted by molar-refractivity contribution is 6.30. The summed E-state index contributed by atoms with van der Waals surface area (Å²) in [7, 11) is 1.56. The summed E-state index contributed by atoms with van der Waals surface area (Å²) in [6.45, 7) is 0.497. The Labute approximate surface area is 139 Å². The summed E-state index contributed by atoms with van der Waals surface area (Å²) in [4.78, 5) is 16.8. The topological polar surface area (TPSA) is 77.3 Å². The van der Waals surface area contributed by atoms with Gasteiger partial charge in [0.05, 0.1) is 12.0 Å². The second-order valence-electron chi connectivity index (χ2n) is 5.66. The first-order chi connectivity index (χ1) is 11.1. The number of methoxy groups -OCH3 is 1. The van der Waals surface area contributed by atoms with Crippen LogP contribution in [0.5, 0.6) is 0 Å². The molecule has 1 heterocycles. The van der Waals surface area contributed by atoms with Crippen LogP contribution in [0, 0.1) is 0 Å². The van der Waals surface area contributed by atoms with E-state index in [9.17, 15) is 4.79 Å². The maximum absolute atomic E-state index is 12.7. The van der Waals surface area contributed by atoms with Crippen LogP contribution in [0.15, 0.2) is 28.8 Å². The largest absolute Gasteiger partial charge is 0.377 e. The van der Waals surface area contributed by atoms with Crippen LogP contribution in [-0.2, 0) is 28.1 Å². The van der Waals surface area contributed by atoms with Crippen LogP contribution in [-0.4, -0.2) is 23.2 Å². The van der Waals surface area contributed by atoms with Crippen molar-refractivity contribution in [3.8, 4) is 0 Å². The van der Waals surface area contributed by atoms with E-state index in [4.69, 9.17) is 20.9 Å². The fourth-order valence-corrected chi connectivity index (χ4v) is 2.95. The smallest absolute Gasteiger partial charge is 0.246 e. The number of ether oxygens (including phenoxy) is 1. The van der Waals surface area contributed by atoms with Gasteiger partial charge in [-0.3, -0.25) is 4.79 Å². The number of halogens is 1. The zero-order valence-electron chi connectivity index (χ0n) is 12.8. The van der Waals surface area contributed by atoms with E-state index in [0.717, 1.165) is 24.8 Å². The number of hydrogen-bond acceptors (Lipinski definition) is 5. The number of nitrogens with zero attached hydrogens (tertiary/aromatic N) is 2. The Morgan fingerprint density at radius 1 is 1.39 bits per heavy atom. The monoisotopic (exact) mass is 335 g/mol. The second kappa shape index (κ2) is 6.68. The van der Waals surface area contributed by atoms with Gasteiger partial charge >= 0.3 is 0 Å². The summed E-state index contributed by atoms with van der Waals surface area (Å²) in [5.74, 6) is 0.821. The third kappa shape index (κ3) is 3.23. The number of carbonyl (C=O) groups is 1. The zero-order valence-corrected chi connectivity index (χ0v) is 13.6. The predicted molar refractivity (Wildman–Crippen MR) is 83.8 cm³/mol. The first-order valence-electron chi connectivity index (χ1n) is 7.49. The molecule has 1 aliphatic rings. The molecule has 0 spiro atoms. The highest BCUT2D eigenvalue weighted by atomic mass is 35.5. The third-order valence-corrected chi connectivity index (χ3v) is 4.47. The van der Waals surface area contributed by atoms with Crippen LogP contribution in [0.3, 0.4) is 0 Å². The molecule has 0 radical (unpaired) electrons. The molecule has 7 heteroatoms. The molecule has 0 unspecified atom stereocenters. The summed E-state index contributed by atoms with van der Waals surface area (Å²) in [6.07, 6.45) is 2.70. The van der Waals surface area contributed by atoms with Crippen LogP contribution in [0.4, 0.5) is 0 Å². The van der Waals surface area contributed by atoms with Crippen LogP contribution in [0.2, 0.25) is 5.02 Å². The summed E-state index contributed by atoms with van der Waals surface area (Å²) < 4.78 is 10.0. The van der Waals surface area contributed by atoms with Crippen LogP contribution >= 0.6 is 11.6 Å². The number of nitrogens with one attached hydrogen (secondary N) is 1. The summed E-state index contributed by atoms with van der Waals surface area (Å²) >= 11 is 5.93. The average Bonchev–Trinajstić information content (AvgIpc) is 2.94. The van der Waals surface area contributed by atoms with Crippen LogP contribution in [0.25, 0.3) is 0 Å². The lowest BCUT2D eigenvalue weighted by molar-refractivity contribution is -0.130. The molecule has 0 atom stereocenters. The molecule has 0 bridgehead atoms. The van der Waals surface area contributed by atoms with Gasteiger partial charge in [0.15, 0.2) is 5.82 Å². The molecular formula is C16H18ClN3O3. The predicted octanol–water partition coefficient (Wildman–Crippen LogP) is 2.61. The van der Waals surface area contributed by atoms with Crippen molar-refractivity contribution in [2.45, 2.75) is 37.8 Å². The Balaban J connectivity index is 1.67. The highest BCUT2D eigenvalue weighted by Gasteiger charge is 2.45. The van der Waals surface area contributed by atoms with Gasteiger partial charge in [-0.15, -0.1) is 0 Å². The van der Waals surface area contributed by atoms with Crippen molar-refractivity contribution in [2.24, 2.45) is 0 Å². The lowest BCUT2D eigenvalue weighted by Gasteiger charge is -2.40. The quantitative estimate of drug-likeness (QED) is 0.878. The normalized spacial score (nSPS) is 15.9. The first kappa shape index (κ1) is 16.0. The standard InChI is InChI=1S/C16H18ClN3O3/c1-22-10-13-19-14(23-20-13)9-18-15(21)16(7-2-8-16)11-3-5-12(17)6-4-11/h3-6H,2,7-10H2,1H3,(H,18,21). The molecule has 1 aromatic carbocycles. The van der Waals surface area contributed by atoms with Crippen molar-refractivity contribution in [3.63, 3.8) is 0 Å². The van der Waals surface area contributed by atoms with Gasteiger partial charge in [0.25, 0.3) is 0 Å². The Morgan fingerprint density at radius 2 is 2.13 bits per heavy atom. The SMILES string of the molecule is COCc1noc(CNC(=O)C2(c3ccc(Cl)cc3)CCC2)n1. The zero-order chi connectivity index (χ0) is 16.3. The minimum absolute atomic E-state index is 0.0161. The van der Waals surface area contributed by atoms with Crippen molar-refractivity contribution in [1.29, 1.82) is 0 Å². The van der Waals surface area contributed by atoms with Gasteiger partial charge in [-0.2, -0.15) is 4.98 Å². The number of carbonyl (C=O) groups excluding carboxylic acids is 1. The van der Waals surface area contributed by atoms with E-state index < -0.39 is 5.41 Å². The van der Waals surface area contributed by atoms with E-state index in [1.807, 2.05) is 24.3 Å². The maximum Gasteiger partial charge on any atom is 0.246 e. The summed E-state index contributed by atoms with van der Waals surface area (Å²) in [5.41, 5.74) is 0.524. The number of rotatable bonds is 6. The molecule has 1 aliphatic carbocycles. The fourth-order valence-electron chi connectivity index (χ4n) is 2.82. The van der Waals surface area contributed by atoms with E-state index in [1.54, 1.807) is 7.11 Å². The number of benzene rings is 1. The Morgan fingerprint density at radius 3 is 2.74 bits per heavy atom. The van der Waals surface area contributed by atoms with E-state index in [2.05, 4.69) is 15.5 Å². The molecular weight excluding hydrogens is 318 g/mol. The van der Waals surface area contributed by atoms with Crippen molar-refractivity contribution in [2.75, 3.05) is 7.11 Å². The Bertz CT molecular complexity index is 680. The van der Waals surface area contributed by atoms with Crippen molar-refractivity contribution >= 4 is 17.5 Å². The van der Waals surface area contributed by atoms with Gasteiger partial charge in [-0.05, 0) is 30.5 Å². The molecule has 1 N–H and O–H groups in total. The molecule has 23 heavy (non-hydrogen) atoms. The lowest BCUT2D eigenvalue weighted by Crippen LogP contribution is -2.49. The molecule has 1 aromatic heterocycles. The van der Waals surface area contributed by atoms with Gasteiger partial charge in [-0.1, -0.05) is 35.3 Å². The lowest BCUT2D eigenvalue weighted by atomic mass is 9.64. The van der Waals surface area contributed by atoms with E-state index in [0.29, 0.717) is 16.7 Å². The van der Waals surface area contributed by atoms with Crippen molar-refractivity contribution < 1.29 is 14.1 Å². The summed E-state index contributed by atoms with van der Waals surface area (Å²) in [6, 6.07) is 7.48.